The summed E-state index contributed by atoms with van der Waals surface area (Å²) in [5.41, 5.74) is 6.61. The monoisotopic (exact) mass is 502 g/mol. The topological polar surface area (TPSA) is 187 Å². The van der Waals surface area contributed by atoms with Crippen molar-refractivity contribution in [3.05, 3.63) is 6.33 Å². The van der Waals surface area contributed by atoms with Gasteiger partial charge in [0.05, 0.1) is 18.1 Å². The predicted molar refractivity (Wildman–Crippen MR) is 116 cm³/mol. The highest BCUT2D eigenvalue weighted by Gasteiger charge is 2.57. The number of nitrogens with zero attached hydrogens (tertiary/aromatic N) is 4. The van der Waals surface area contributed by atoms with Gasteiger partial charge in [0.2, 0.25) is 0 Å². The molecule has 0 aromatic carbocycles. The number of nitrogen functional groups attached to an aromatic ring is 1. The molecule has 2 saturated heterocycles. The molecular formula is C18H26N6O7S2. The second kappa shape index (κ2) is 8.27. The van der Waals surface area contributed by atoms with Crippen LogP contribution in [0.4, 0.5) is 5.82 Å². The smallest absolute Gasteiger partial charge is 0.333 e. The van der Waals surface area contributed by atoms with Crippen molar-refractivity contribution >= 4 is 38.9 Å². The van der Waals surface area contributed by atoms with Crippen molar-refractivity contribution in [1.29, 1.82) is 0 Å². The van der Waals surface area contributed by atoms with E-state index in [4.69, 9.17) is 34.4 Å². The van der Waals surface area contributed by atoms with Gasteiger partial charge in [-0.1, -0.05) is 11.8 Å². The van der Waals surface area contributed by atoms with Crippen molar-refractivity contribution in [2.45, 2.75) is 79.8 Å². The Hall–Kier alpha value is -1.59. The molecule has 3 aliphatic rings. The number of hydrogen-bond acceptors (Lipinski definition) is 12. The molecule has 0 amide bonds. The maximum Gasteiger partial charge on any atom is 0.333 e. The van der Waals surface area contributed by atoms with Crippen LogP contribution in [0.2, 0.25) is 0 Å². The van der Waals surface area contributed by atoms with Gasteiger partial charge in [-0.25, -0.2) is 19.8 Å². The van der Waals surface area contributed by atoms with Gasteiger partial charge >= 0.3 is 10.3 Å². The van der Waals surface area contributed by atoms with Crippen molar-refractivity contribution in [2.75, 3.05) is 12.3 Å². The summed E-state index contributed by atoms with van der Waals surface area (Å²) in [7, 11) is -4.17. The van der Waals surface area contributed by atoms with E-state index in [1.807, 2.05) is 0 Å². The SMILES string of the molecule is CC1(C)O[C@@H]2[C@H](O1)[C@@H](COS(N)(=O)=O)O[C@H]2n1nc(S[C@@H]2CCC[C@H]2O)c2c(N)ncnc21. The number of fused-ring (bicyclic) bond motifs is 2. The summed E-state index contributed by atoms with van der Waals surface area (Å²) in [5.74, 6) is -0.673. The summed E-state index contributed by atoms with van der Waals surface area (Å²) in [4.78, 5) is 8.47. The zero-order chi connectivity index (χ0) is 23.5. The van der Waals surface area contributed by atoms with Crippen molar-refractivity contribution in [2.24, 2.45) is 5.14 Å². The van der Waals surface area contributed by atoms with E-state index in [-0.39, 0.29) is 17.7 Å². The largest absolute Gasteiger partial charge is 0.392 e. The first-order valence-corrected chi connectivity index (χ1v) is 12.9. The maximum absolute atomic E-state index is 11.3. The van der Waals surface area contributed by atoms with Crippen LogP contribution in [0.15, 0.2) is 11.4 Å². The van der Waals surface area contributed by atoms with E-state index < -0.39 is 46.7 Å². The molecular weight excluding hydrogens is 476 g/mol. The van der Waals surface area contributed by atoms with Crippen molar-refractivity contribution in [1.82, 2.24) is 19.7 Å². The molecule has 15 heteroatoms. The number of thioether (sulfide) groups is 1. The third-order valence-electron chi connectivity index (χ3n) is 5.93. The summed E-state index contributed by atoms with van der Waals surface area (Å²) >= 11 is 1.43. The summed E-state index contributed by atoms with van der Waals surface area (Å²) < 4.78 is 47.1. The Kier molecular flexibility index (Phi) is 5.80. The Morgan fingerprint density at radius 1 is 1.30 bits per heavy atom. The maximum atomic E-state index is 11.3. The molecule has 1 saturated carbocycles. The number of hydrogen-bond donors (Lipinski definition) is 3. The van der Waals surface area contributed by atoms with Gasteiger partial charge in [-0.2, -0.15) is 13.5 Å². The fraction of sp³-hybridized carbons (Fsp3) is 0.722. The van der Waals surface area contributed by atoms with Crippen LogP contribution in [0.3, 0.4) is 0 Å². The van der Waals surface area contributed by atoms with E-state index >= 15 is 0 Å². The van der Waals surface area contributed by atoms with E-state index in [2.05, 4.69) is 9.97 Å². The number of aromatic nitrogens is 4. The first kappa shape index (κ1) is 23.2. The lowest BCUT2D eigenvalue weighted by Gasteiger charge is -2.24. The second-order valence-electron chi connectivity index (χ2n) is 8.77. The molecule has 6 atom stereocenters. The minimum atomic E-state index is -4.17. The highest BCUT2D eigenvalue weighted by molar-refractivity contribution is 8.00. The average molecular weight is 503 g/mol. The van der Waals surface area contributed by atoms with Gasteiger partial charge in [0.25, 0.3) is 0 Å². The quantitative estimate of drug-likeness (QED) is 0.482. The minimum Gasteiger partial charge on any atom is -0.392 e. The normalized spacial score (nSPS) is 33.7. The Morgan fingerprint density at radius 2 is 2.06 bits per heavy atom. The number of rotatable bonds is 6. The van der Waals surface area contributed by atoms with Gasteiger partial charge in [0.15, 0.2) is 17.7 Å². The highest BCUT2D eigenvalue weighted by atomic mass is 32.2. The average Bonchev–Trinajstić information content (AvgIpc) is 3.44. The van der Waals surface area contributed by atoms with E-state index in [1.54, 1.807) is 18.5 Å². The second-order valence-corrected chi connectivity index (χ2v) is 11.2. The molecule has 0 unspecified atom stereocenters. The fourth-order valence-electron chi connectivity index (χ4n) is 4.56. The first-order chi connectivity index (χ1) is 15.5. The standard InChI is InChI=1S/C18H26N6O7S2/c1-18(2)30-12-9(6-28-33(20,26)27)29-17(13(12)31-18)24-15-11(14(19)21-7-22-15)16(23-24)32-10-5-3-4-8(10)25/h7-10,12-13,17,25H,3-6H2,1-2H3,(H2,19,21,22)(H2,20,26,27)/t8-,9-,10-,12-,13-,17-/m1/s1. The molecule has 0 spiro atoms. The molecule has 5 N–H and O–H groups in total. The van der Waals surface area contributed by atoms with E-state index in [9.17, 15) is 13.5 Å². The Labute approximate surface area is 194 Å². The van der Waals surface area contributed by atoms with Crippen LogP contribution in [0.1, 0.15) is 39.3 Å². The summed E-state index contributed by atoms with van der Waals surface area (Å²) in [6.07, 6.45) is 0.600. The molecule has 4 heterocycles. The lowest BCUT2D eigenvalue weighted by molar-refractivity contribution is -0.200. The molecule has 182 valence electrons. The van der Waals surface area contributed by atoms with E-state index in [0.29, 0.717) is 16.1 Å². The number of aliphatic hydroxyl groups is 1. The third kappa shape index (κ3) is 4.43. The predicted octanol–water partition coefficient (Wildman–Crippen LogP) is 0.0516. The number of anilines is 1. The molecule has 2 aromatic rings. The summed E-state index contributed by atoms with van der Waals surface area (Å²) in [5, 5.41) is 21.1. The first-order valence-electron chi connectivity index (χ1n) is 10.5. The molecule has 0 bridgehead atoms. The van der Waals surface area contributed by atoms with E-state index in [0.717, 1.165) is 19.3 Å². The highest BCUT2D eigenvalue weighted by Crippen LogP contribution is 2.45. The molecule has 13 nitrogen and oxygen atoms in total. The zero-order valence-corrected chi connectivity index (χ0v) is 19.7. The molecule has 2 aliphatic heterocycles. The molecule has 33 heavy (non-hydrogen) atoms. The Balaban J connectivity index is 1.52. The van der Waals surface area contributed by atoms with Crippen molar-refractivity contribution in [3.8, 4) is 0 Å². The van der Waals surface area contributed by atoms with Gasteiger partial charge in [0.1, 0.15) is 35.5 Å². The zero-order valence-electron chi connectivity index (χ0n) is 18.0. The minimum absolute atomic E-state index is 0.0192. The molecule has 3 fully saturated rings. The van der Waals surface area contributed by atoms with Crippen LogP contribution in [0.5, 0.6) is 0 Å². The van der Waals surface area contributed by atoms with E-state index in [1.165, 1.54) is 18.1 Å². The molecule has 1 aliphatic carbocycles. The van der Waals surface area contributed by atoms with Gasteiger partial charge < -0.3 is 25.1 Å². The number of nitrogens with two attached hydrogens (primary N) is 2. The van der Waals surface area contributed by atoms with Crippen LogP contribution in [0, 0.1) is 0 Å². The number of ether oxygens (including phenoxy) is 3. The van der Waals surface area contributed by atoms with Gasteiger partial charge in [-0.3, -0.25) is 4.18 Å². The van der Waals surface area contributed by atoms with Crippen LogP contribution in [0.25, 0.3) is 11.0 Å². The third-order valence-corrected chi connectivity index (χ3v) is 7.76. The Bertz CT molecular complexity index is 1160. The summed E-state index contributed by atoms with van der Waals surface area (Å²) in [6.45, 7) is 3.16. The lowest BCUT2D eigenvalue weighted by Crippen LogP contribution is -2.34. The van der Waals surface area contributed by atoms with Crippen LogP contribution in [-0.2, 0) is 28.7 Å². The fourth-order valence-corrected chi connectivity index (χ4v) is 6.20. The van der Waals surface area contributed by atoms with Gasteiger partial charge in [-0.05, 0) is 33.1 Å². The van der Waals surface area contributed by atoms with Crippen molar-refractivity contribution < 1.29 is 31.9 Å². The lowest BCUT2D eigenvalue weighted by atomic mass is 10.1. The molecule has 2 aromatic heterocycles. The number of aliphatic hydroxyl groups excluding tert-OH is 1. The van der Waals surface area contributed by atoms with Crippen LogP contribution in [-0.4, -0.2) is 75.3 Å². The Morgan fingerprint density at radius 3 is 2.76 bits per heavy atom. The molecule has 0 radical (unpaired) electrons. The van der Waals surface area contributed by atoms with Crippen LogP contribution >= 0.6 is 11.8 Å². The van der Waals surface area contributed by atoms with Crippen molar-refractivity contribution in [3.63, 3.8) is 0 Å². The molecule has 5 rings (SSSR count). The van der Waals surface area contributed by atoms with Gasteiger partial charge in [-0.15, -0.1) is 0 Å². The van der Waals surface area contributed by atoms with Crippen LogP contribution < -0.4 is 10.9 Å². The van der Waals surface area contributed by atoms with Gasteiger partial charge in [0, 0.05) is 5.25 Å². The summed E-state index contributed by atoms with van der Waals surface area (Å²) in [6, 6.07) is 0.